The maximum atomic E-state index is 13.3. The van der Waals surface area contributed by atoms with Crippen LogP contribution in [0.1, 0.15) is 5.56 Å². The molecule has 0 spiro atoms. The first kappa shape index (κ1) is 16.1. The lowest BCUT2D eigenvalue weighted by Crippen LogP contribution is -2.14. The zero-order valence-electron chi connectivity index (χ0n) is 12.4. The summed E-state index contributed by atoms with van der Waals surface area (Å²) in [7, 11) is -0.993. The Morgan fingerprint density at radius 1 is 1.00 bits per heavy atom. The molecule has 2 aromatic carbocycles. The van der Waals surface area contributed by atoms with Crippen molar-refractivity contribution in [3.8, 4) is 11.5 Å². The maximum Gasteiger partial charge on any atom is 0.262 e. The summed E-state index contributed by atoms with van der Waals surface area (Å²) in [6.07, 6.45) is 0. The molecule has 2 aromatic rings. The third kappa shape index (κ3) is 3.48. The maximum absolute atomic E-state index is 13.3. The van der Waals surface area contributed by atoms with E-state index in [2.05, 4.69) is 4.72 Å². The first-order chi connectivity index (χ1) is 10.4. The second-order valence-corrected chi connectivity index (χ2v) is 6.27. The highest BCUT2D eigenvalue weighted by Gasteiger charge is 2.18. The van der Waals surface area contributed by atoms with Gasteiger partial charge in [-0.2, -0.15) is 0 Å². The van der Waals surface area contributed by atoms with Gasteiger partial charge in [0.15, 0.2) is 0 Å². The van der Waals surface area contributed by atoms with Gasteiger partial charge < -0.3 is 9.47 Å². The fraction of sp³-hybridized carbons (Fsp3) is 0.200. The SMILES string of the molecule is COc1cc(NS(=O)(=O)c2cc(F)ccc2C)cc(OC)c1. The third-order valence-electron chi connectivity index (χ3n) is 3.04. The Morgan fingerprint density at radius 3 is 2.14 bits per heavy atom. The molecule has 0 atom stereocenters. The molecule has 2 rings (SSSR count). The Balaban J connectivity index is 2.42. The van der Waals surface area contributed by atoms with Gasteiger partial charge in [0.1, 0.15) is 17.3 Å². The van der Waals surface area contributed by atoms with Gasteiger partial charge in [0.05, 0.1) is 24.8 Å². The first-order valence-corrected chi connectivity index (χ1v) is 7.86. The van der Waals surface area contributed by atoms with Crippen molar-refractivity contribution in [2.45, 2.75) is 11.8 Å². The highest BCUT2D eigenvalue weighted by Crippen LogP contribution is 2.28. The summed E-state index contributed by atoms with van der Waals surface area (Å²) in [6, 6.07) is 8.24. The van der Waals surface area contributed by atoms with E-state index >= 15 is 0 Å². The van der Waals surface area contributed by atoms with Crippen LogP contribution in [0.5, 0.6) is 11.5 Å². The van der Waals surface area contributed by atoms with Crippen molar-refractivity contribution in [3.63, 3.8) is 0 Å². The lowest BCUT2D eigenvalue weighted by Gasteiger charge is -2.12. The molecule has 0 saturated heterocycles. The number of anilines is 1. The van der Waals surface area contributed by atoms with Crippen molar-refractivity contribution in [2.75, 3.05) is 18.9 Å². The number of hydrogen-bond donors (Lipinski definition) is 1. The molecule has 0 aliphatic heterocycles. The molecule has 0 aromatic heterocycles. The molecule has 22 heavy (non-hydrogen) atoms. The zero-order chi connectivity index (χ0) is 16.3. The Labute approximate surface area is 128 Å². The molecule has 7 heteroatoms. The zero-order valence-corrected chi connectivity index (χ0v) is 13.2. The minimum absolute atomic E-state index is 0.116. The number of benzene rings is 2. The van der Waals surface area contributed by atoms with Crippen LogP contribution in [0.15, 0.2) is 41.3 Å². The lowest BCUT2D eigenvalue weighted by atomic mass is 10.2. The van der Waals surface area contributed by atoms with Crippen LogP contribution in [0, 0.1) is 12.7 Å². The molecule has 0 aliphatic rings. The fourth-order valence-corrected chi connectivity index (χ4v) is 3.24. The first-order valence-electron chi connectivity index (χ1n) is 6.38. The number of hydrogen-bond acceptors (Lipinski definition) is 4. The molecular weight excluding hydrogens is 309 g/mol. The lowest BCUT2D eigenvalue weighted by molar-refractivity contribution is 0.395. The largest absolute Gasteiger partial charge is 0.497 e. The van der Waals surface area contributed by atoms with E-state index in [0.29, 0.717) is 17.1 Å². The number of aryl methyl sites for hydroxylation is 1. The second kappa shape index (κ2) is 6.23. The van der Waals surface area contributed by atoms with Crippen LogP contribution in [0.2, 0.25) is 0 Å². The van der Waals surface area contributed by atoms with Crippen LogP contribution in [-0.4, -0.2) is 22.6 Å². The normalized spacial score (nSPS) is 11.1. The number of sulfonamides is 1. The number of ether oxygens (including phenoxy) is 2. The highest BCUT2D eigenvalue weighted by molar-refractivity contribution is 7.92. The van der Waals surface area contributed by atoms with Crippen molar-refractivity contribution in [3.05, 3.63) is 47.8 Å². The Bertz CT molecular complexity index is 768. The summed E-state index contributed by atoms with van der Waals surface area (Å²) in [5.41, 5.74) is 0.712. The van der Waals surface area contributed by atoms with E-state index in [9.17, 15) is 12.8 Å². The van der Waals surface area contributed by atoms with Crippen molar-refractivity contribution in [2.24, 2.45) is 0 Å². The summed E-state index contributed by atoms with van der Waals surface area (Å²) in [5, 5.41) is 0. The Hall–Kier alpha value is -2.28. The molecule has 118 valence electrons. The average Bonchev–Trinajstić information content (AvgIpc) is 2.48. The Kier molecular flexibility index (Phi) is 4.56. The van der Waals surface area contributed by atoms with Gasteiger partial charge in [0, 0.05) is 18.2 Å². The number of rotatable bonds is 5. The minimum Gasteiger partial charge on any atom is -0.497 e. The van der Waals surface area contributed by atoms with Crippen LogP contribution in [-0.2, 0) is 10.0 Å². The predicted molar refractivity (Wildman–Crippen MR) is 81.5 cm³/mol. The van der Waals surface area contributed by atoms with Crippen LogP contribution in [0.3, 0.4) is 0 Å². The third-order valence-corrected chi connectivity index (χ3v) is 4.57. The summed E-state index contributed by atoms with van der Waals surface area (Å²) in [4.78, 5) is -0.116. The van der Waals surface area contributed by atoms with E-state index in [1.165, 1.54) is 38.5 Å². The molecule has 0 radical (unpaired) electrons. The molecule has 0 amide bonds. The second-order valence-electron chi connectivity index (χ2n) is 4.62. The molecule has 0 saturated carbocycles. The van der Waals surface area contributed by atoms with Gasteiger partial charge in [0.2, 0.25) is 0 Å². The molecule has 1 N–H and O–H groups in total. The van der Waals surface area contributed by atoms with Gasteiger partial charge in [-0.25, -0.2) is 12.8 Å². The van der Waals surface area contributed by atoms with Crippen LogP contribution in [0.25, 0.3) is 0 Å². The van der Waals surface area contributed by atoms with E-state index in [-0.39, 0.29) is 10.6 Å². The highest BCUT2D eigenvalue weighted by atomic mass is 32.2. The monoisotopic (exact) mass is 325 g/mol. The number of halogens is 1. The van der Waals surface area contributed by atoms with Gasteiger partial charge in [0.25, 0.3) is 10.0 Å². The summed E-state index contributed by atoms with van der Waals surface area (Å²) >= 11 is 0. The van der Waals surface area contributed by atoms with Gasteiger partial charge in [-0.15, -0.1) is 0 Å². The van der Waals surface area contributed by atoms with E-state index in [1.54, 1.807) is 13.0 Å². The van der Waals surface area contributed by atoms with Crippen molar-refractivity contribution < 1.29 is 22.3 Å². The summed E-state index contributed by atoms with van der Waals surface area (Å²) in [5.74, 6) is 0.259. The Morgan fingerprint density at radius 2 is 1.59 bits per heavy atom. The van der Waals surface area contributed by atoms with Crippen LogP contribution >= 0.6 is 0 Å². The van der Waals surface area contributed by atoms with Crippen LogP contribution < -0.4 is 14.2 Å². The quantitative estimate of drug-likeness (QED) is 0.918. The van der Waals surface area contributed by atoms with Gasteiger partial charge in [-0.05, 0) is 24.6 Å². The van der Waals surface area contributed by atoms with E-state index < -0.39 is 15.8 Å². The molecule has 0 aliphatic carbocycles. The number of methoxy groups -OCH3 is 2. The fourth-order valence-electron chi connectivity index (χ4n) is 1.94. The smallest absolute Gasteiger partial charge is 0.262 e. The summed E-state index contributed by atoms with van der Waals surface area (Å²) < 4.78 is 50.7. The molecule has 0 fully saturated rings. The van der Waals surface area contributed by atoms with Crippen molar-refractivity contribution in [1.29, 1.82) is 0 Å². The standard InChI is InChI=1S/C15H16FNO4S/c1-10-4-5-11(16)6-15(10)22(18,19)17-12-7-13(20-2)9-14(8-12)21-3/h4-9,17H,1-3H3. The number of nitrogens with one attached hydrogen (secondary N) is 1. The molecule has 0 heterocycles. The van der Waals surface area contributed by atoms with E-state index in [1.807, 2.05) is 0 Å². The molecule has 0 unspecified atom stereocenters. The topological polar surface area (TPSA) is 64.6 Å². The van der Waals surface area contributed by atoms with Crippen molar-refractivity contribution in [1.82, 2.24) is 0 Å². The van der Waals surface area contributed by atoms with Crippen molar-refractivity contribution >= 4 is 15.7 Å². The van der Waals surface area contributed by atoms with Gasteiger partial charge in [-0.1, -0.05) is 6.07 Å². The summed E-state index contributed by atoms with van der Waals surface area (Å²) in [6.45, 7) is 1.60. The molecule has 0 bridgehead atoms. The van der Waals surface area contributed by atoms with E-state index in [4.69, 9.17) is 9.47 Å². The predicted octanol–water partition coefficient (Wildman–Crippen LogP) is 2.95. The van der Waals surface area contributed by atoms with Gasteiger partial charge in [-0.3, -0.25) is 4.72 Å². The molecule has 5 nitrogen and oxygen atoms in total. The van der Waals surface area contributed by atoms with E-state index in [0.717, 1.165) is 6.07 Å². The van der Waals surface area contributed by atoms with Gasteiger partial charge >= 0.3 is 0 Å². The van der Waals surface area contributed by atoms with Crippen LogP contribution in [0.4, 0.5) is 10.1 Å². The minimum atomic E-state index is -3.92. The average molecular weight is 325 g/mol. The molecular formula is C15H16FNO4S.